The van der Waals surface area contributed by atoms with Gasteiger partial charge in [-0.3, -0.25) is 76.9 Å². The van der Waals surface area contributed by atoms with E-state index in [4.69, 9.17) is 28.4 Å². The van der Waals surface area contributed by atoms with Gasteiger partial charge in [-0.25, -0.2) is 28.8 Å². The molecule has 34 heteroatoms. The fourth-order valence-corrected chi connectivity index (χ4v) is 7.26. The number of amides is 8. The molecule has 0 N–H and O–H groups in total. The zero-order valence-electron chi connectivity index (χ0n) is 48.6. The van der Waals surface area contributed by atoms with Gasteiger partial charge in [0.25, 0.3) is 23.6 Å². The van der Waals surface area contributed by atoms with Crippen LogP contribution < -0.4 is 0 Å². The minimum atomic E-state index is -1.36. The van der Waals surface area contributed by atoms with E-state index >= 15 is 0 Å². The highest BCUT2D eigenvalue weighted by molar-refractivity contribution is 6.06. The normalized spacial score (nSPS) is 15.6. The number of carbonyl (C=O) groups is 20. The monoisotopic (exact) mass is 1260 g/mol. The molecule has 0 aromatic rings. The first-order valence-corrected chi connectivity index (χ1v) is 27.1. The molecule has 4 atom stereocenters. The number of esters is 8. The van der Waals surface area contributed by atoms with E-state index in [1.165, 1.54) is 41.9 Å². The standard InChI is InChI=1S/C27H34N2O14.2C13H17NO8.CH4/c1-16(42-24(36)7-3-5-18(30)13-28-20(32)9-10-21(28)33)26(38)40-15-41-27(39)17(2)43-25(37)8-4-6-19(31)14-29-22(34)11-12-23(29)35;2*1-8(13(19)20-2)21-11(17)4-3-5-12(18)22-14-9(15)6-7-10(14)16;/h16-17H,3-15H2,1-2H3;2*8H,3-7H2,1-2H3;1H4. The fraction of sp³-hybridized carbons (Fsp3) is 0.630. The van der Waals surface area contributed by atoms with E-state index in [2.05, 4.69) is 19.1 Å². The van der Waals surface area contributed by atoms with Crippen LogP contribution in [0.2, 0.25) is 0 Å². The van der Waals surface area contributed by atoms with Gasteiger partial charge < -0.3 is 47.6 Å². The second kappa shape index (κ2) is 39.3. The number of rotatable bonds is 32. The average molecular weight is 1260 g/mol. The summed E-state index contributed by atoms with van der Waals surface area (Å²) < 4.78 is 37.6. The summed E-state index contributed by atoms with van der Waals surface area (Å²) in [5.41, 5.74) is 0. The summed E-state index contributed by atoms with van der Waals surface area (Å²) in [6.07, 6.45) is -5.23. The van der Waals surface area contributed by atoms with Crippen molar-refractivity contribution in [3.63, 3.8) is 0 Å². The van der Waals surface area contributed by atoms with Crippen LogP contribution in [-0.4, -0.2) is 197 Å². The molecule has 4 saturated heterocycles. The smallest absolute Gasteiger partial charge is 0.350 e. The Hall–Kier alpha value is -9.40. The van der Waals surface area contributed by atoms with Gasteiger partial charge in [0, 0.05) is 103 Å². The van der Waals surface area contributed by atoms with Crippen LogP contribution in [0.15, 0.2) is 0 Å². The molecule has 0 aliphatic carbocycles. The first-order valence-electron chi connectivity index (χ1n) is 27.1. The number of imide groups is 4. The first-order chi connectivity index (χ1) is 41.0. The molecule has 8 amide bonds. The lowest BCUT2D eigenvalue weighted by Gasteiger charge is -2.15. The Morgan fingerprint density at radius 1 is 0.341 bits per heavy atom. The Balaban J connectivity index is 0.000000724. The largest absolute Gasteiger partial charge is 0.466 e. The maximum atomic E-state index is 12.0. The van der Waals surface area contributed by atoms with Gasteiger partial charge in [0.2, 0.25) is 30.4 Å². The molecule has 4 aliphatic rings. The topological polar surface area (TPSA) is 447 Å². The molecule has 0 spiro atoms. The zero-order valence-corrected chi connectivity index (χ0v) is 48.6. The second-order valence-corrected chi connectivity index (χ2v) is 18.9. The number of carbonyl (C=O) groups excluding carboxylic acids is 20. The highest BCUT2D eigenvalue weighted by Gasteiger charge is 2.35. The van der Waals surface area contributed by atoms with Crippen molar-refractivity contribution in [1.29, 1.82) is 0 Å². The quantitative estimate of drug-likeness (QED) is 0.0371. The van der Waals surface area contributed by atoms with Gasteiger partial charge in [-0.15, -0.1) is 10.1 Å². The Morgan fingerprint density at radius 3 is 0.830 bits per heavy atom. The van der Waals surface area contributed by atoms with Crippen LogP contribution in [0.25, 0.3) is 0 Å². The summed E-state index contributed by atoms with van der Waals surface area (Å²) in [5, 5.41) is 0.889. The molecule has 0 aromatic carbocycles. The number of ether oxygens (including phenoxy) is 8. The van der Waals surface area contributed by atoms with Crippen LogP contribution in [0, 0.1) is 0 Å². The van der Waals surface area contributed by atoms with Crippen molar-refractivity contribution >= 4 is 119 Å². The molecule has 488 valence electrons. The lowest BCUT2D eigenvalue weighted by atomic mass is 10.1. The van der Waals surface area contributed by atoms with Crippen LogP contribution in [-0.2, 0) is 143 Å². The van der Waals surface area contributed by atoms with Crippen molar-refractivity contribution in [3.8, 4) is 0 Å². The molecule has 0 saturated carbocycles. The molecular formula is C54H72N4O30. The van der Waals surface area contributed by atoms with Gasteiger partial charge in [0.1, 0.15) is 0 Å². The van der Waals surface area contributed by atoms with Gasteiger partial charge >= 0.3 is 59.7 Å². The molecule has 4 aliphatic heterocycles. The number of hydroxylamine groups is 4. The second-order valence-electron chi connectivity index (χ2n) is 18.9. The first kappa shape index (κ1) is 76.6. The summed E-state index contributed by atoms with van der Waals surface area (Å²) in [6.45, 7) is 3.61. The lowest BCUT2D eigenvalue weighted by Crippen LogP contribution is -2.34. The molecule has 0 aromatic heterocycles. The minimum absolute atomic E-state index is 0. The van der Waals surface area contributed by atoms with E-state index in [1.807, 2.05) is 0 Å². The van der Waals surface area contributed by atoms with E-state index < -0.39 is 150 Å². The predicted octanol–water partition coefficient (Wildman–Crippen LogP) is 0.0438. The summed E-state index contributed by atoms with van der Waals surface area (Å²) in [6, 6.07) is 0. The van der Waals surface area contributed by atoms with Crippen LogP contribution in [0.5, 0.6) is 0 Å². The van der Waals surface area contributed by atoms with Crippen molar-refractivity contribution in [2.45, 2.75) is 188 Å². The van der Waals surface area contributed by atoms with E-state index in [9.17, 15) is 95.9 Å². The van der Waals surface area contributed by atoms with Gasteiger partial charge in [-0.2, -0.15) is 0 Å². The van der Waals surface area contributed by atoms with Crippen molar-refractivity contribution in [3.05, 3.63) is 0 Å². The van der Waals surface area contributed by atoms with Crippen LogP contribution in [0.3, 0.4) is 0 Å². The molecule has 4 rings (SSSR count). The number of ketones is 2. The zero-order chi connectivity index (χ0) is 65.5. The SMILES string of the molecule is C.CC(OC(=O)CCCC(=O)CN1C(=O)CCC1=O)C(=O)OCOC(=O)C(C)OC(=O)CCCC(=O)CN1C(=O)CCC1=O.COC(=O)C(C)OC(=O)CCCC(=O)ON1C(=O)CCC1=O.COC(=O)C(C)OC(=O)CCCC(=O)ON1C(=O)CCC1=O. The summed E-state index contributed by atoms with van der Waals surface area (Å²) in [5.74, 6) is -12.7. The maximum absolute atomic E-state index is 12.0. The van der Waals surface area contributed by atoms with Gasteiger partial charge in [0.05, 0.1) is 27.3 Å². The third kappa shape index (κ3) is 28.2. The van der Waals surface area contributed by atoms with E-state index in [1.54, 1.807) is 0 Å². The van der Waals surface area contributed by atoms with Gasteiger partial charge in [0.15, 0.2) is 36.0 Å². The molecule has 34 nitrogen and oxygen atoms in total. The number of Topliss-reactive ketones (excluding diaryl/α,β-unsaturated/α-hetero) is 2. The highest BCUT2D eigenvalue weighted by Crippen LogP contribution is 2.17. The Kier molecular flexibility index (Phi) is 34.2. The Bertz CT molecular complexity index is 2430. The number of hydrogen-bond donors (Lipinski definition) is 0. The molecule has 88 heavy (non-hydrogen) atoms. The molecule has 4 unspecified atom stereocenters. The Labute approximate surface area is 502 Å². The molecular weight excluding hydrogens is 1180 g/mol. The number of likely N-dealkylation sites (tertiary alicyclic amines) is 2. The van der Waals surface area contributed by atoms with E-state index in [0.29, 0.717) is 10.1 Å². The van der Waals surface area contributed by atoms with Crippen molar-refractivity contribution in [2.75, 3.05) is 34.1 Å². The van der Waals surface area contributed by atoms with Gasteiger partial charge in [-0.1, -0.05) is 7.43 Å². The highest BCUT2D eigenvalue weighted by atomic mass is 16.7. The lowest BCUT2D eigenvalue weighted by molar-refractivity contribution is -0.197. The minimum Gasteiger partial charge on any atom is -0.466 e. The summed E-state index contributed by atoms with van der Waals surface area (Å²) >= 11 is 0. The van der Waals surface area contributed by atoms with Crippen molar-refractivity contribution < 1.29 is 143 Å². The molecule has 0 bridgehead atoms. The fourth-order valence-electron chi connectivity index (χ4n) is 7.26. The molecule has 0 radical (unpaired) electrons. The van der Waals surface area contributed by atoms with E-state index in [-0.39, 0.29) is 149 Å². The third-order valence-electron chi connectivity index (χ3n) is 11.9. The number of nitrogens with zero attached hydrogens (tertiary/aromatic N) is 4. The van der Waals surface area contributed by atoms with Crippen LogP contribution >= 0.6 is 0 Å². The van der Waals surface area contributed by atoms with Crippen LogP contribution in [0.4, 0.5) is 0 Å². The number of hydrogen-bond acceptors (Lipinski definition) is 30. The van der Waals surface area contributed by atoms with Crippen molar-refractivity contribution in [2.24, 2.45) is 0 Å². The van der Waals surface area contributed by atoms with Crippen LogP contribution in [0.1, 0.15) is 164 Å². The summed E-state index contributed by atoms with van der Waals surface area (Å²) in [4.78, 5) is 242. The van der Waals surface area contributed by atoms with E-state index in [0.717, 1.165) is 9.80 Å². The van der Waals surface area contributed by atoms with Crippen molar-refractivity contribution in [1.82, 2.24) is 19.9 Å². The maximum Gasteiger partial charge on any atom is 0.350 e. The summed E-state index contributed by atoms with van der Waals surface area (Å²) in [7, 11) is 2.34. The molecule has 4 fully saturated rings. The third-order valence-corrected chi connectivity index (χ3v) is 11.9. The molecule has 4 heterocycles. The van der Waals surface area contributed by atoms with Gasteiger partial charge in [-0.05, 0) is 53.4 Å². The number of methoxy groups -OCH3 is 2. The average Bonchev–Trinajstić information content (AvgIpc) is 4.21. The predicted molar refractivity (Wildman–Crippen MR) is 282 cm³/mol. The Morgan fingerprint density at radius 2 is 0.568 bits per heavy atom.